The highest BCUT2D eigenvalue weighted by Gasteiger charge is 2.35. The second-order valence-corrected chi connectivity index (χ2v) is 12.9. The number of methoxy groups -OCH3 is 1. The van der Waals surface area contributed by atoms with E-state index in [4.69, 9.17) is 9.47 Å². The number of hydrogen-bond acceptors (Lipinski definition) is 7. The molecule has 5 rings (SSSR count). The van der Waals surface area contributed by atoms with Crippen molar-refractivity contribution in [3.63, 3.8) is 0 Å². The second-order valence-electron chi connectivity index (χ2n) is 11.0. The number of piperazine rings is 1. The summed E-state index contributed by atoms with van der Waals surface area (Å²) in [4.78, 5) is 20.0. The van der Waals surface area contributed by atoms with E-state index in [1.165, 1.54) is 12.8 Å². The van der Waals surface area contributed by atoms with Crippen LogP contribution in [0, 0.1) is 0 Å². The van der Waals surface area contributed by atoms with Gasteiger partial charge in [0.05, 0.1) is 18.6 Å². The van der Waals surface area contributed by atoms with E-state index in [9.17, 15) is 13.2 Å². The van der Waals surface area contributed by atoms with E-state index in [-0.39, 0.29) is 54.9 Å². The number of likely N-dealkylation sites (tertiary alicyclic amines) is 1. The third-order valence-corrected chi connectivity index (χ3v) is 10.6. The third-order valence-electron chi connectivity index (χ3n) is 8.63. The Morgan fingerprint density at radius 2 is 1.56 bits per heavy atom. The van der Waals surface area contributed by atoms with E-state index in [1.54, 1.807) is 23.5 Å². The van der Waals surface area contributed by atoms with E-state index in [0.717, 1.165) is 63.9 Å². The Balaban J connectivity index is 0.00000231. The lowest BCUT2D eigenvalue weighted by molar-refractivity contribution is -0.138. The summed E-state index contributed by atoms with van der Waals surface area (Å²) in [6, 6.07) is 11.1. The molecule has 2 aromatic carbocycles. The fourth-order valence-corrected chi connectivity index (χ4v) is 8.18. The summed E-state index contributed by atoms with van der Waals surface area (Å²) in [6.07, 6.45) is 4.86. The molecule has 3 fully saturated rings. The summed E-state index contributed by atoms with van der Waals surface area (Å²) in [5, 5.41) is 1.42. The van der Waals surface area contributed by atoms with Gasteiger partial charge in [-0.3, -0.25) is 9.69 Å². The number of sulfonamides is 1. The van der Waals surface area contributed by atoms with E-state index in [2.05, 4.69) is 16.8 Å². The van der Waals surface area contributed by atoms with Gasteiger partial charge >= 0.3 is 0 Å². The van der Waals surface area contributed by atoms with Crippen LogP contribution in [0.4, 0.5) is 0 Å². The largest absolute Gasteiger partial charge is 0.496 e. The number of carbonyl (C=O) groups is 1. The molecule has 0 spiro atoms. The molecule has 0 radical (unpaired) electrons. The van der Waals surface area contributed by atoms with Gasteiger partial charge in [-0.2, -0.15) is 4.31 Å². The van der Waals surface area contributed by atoms with Crippen molar-refractivity contribution in [2.24, 2.45) is 0 Å². The van der Waals surface area contributed by atoms with E-state index >= 15 is 0 Å². The van der Waals surface area contributed by atoms with Crippen LogP contribution in [-0.2, 0) is 19.6 Å². The van der Waals surface area contributed by atoms with Crippen LogP contribution in [0.5, 0.6) is 5.75 Å². The molecule has 230 valence electrons. The van der Waals surface area contributed by atoms with Gasteiger partial charge in [-0.25, -0.2) is 8.42 Å². The number of rotatable bonds is 8. The zero-order valence-corrected chi connectivity index (χ0v) is 26.5. The van der Waals surface area contributed by atoms with Crippen molar-refractivity contribution in [3.8, 4) is 5.75 Å². The topological polar surface area (TPSA) is 82.6 Å². The van der Waals surface area contributed by atoms with E-state index in [0.29, 0.717) is 23.7 Å². The van der Waals surface area contributed by atoms with Crippen molar-refractivity contribution < 1.29 is 22.7 Å². The highest BCUT2D eigenvalue weighted by Crippen LogP contribution is 2.34. The van der Waals surface area contributed by atoms with Crippen molar-refractivity contribution >= 4 is 51.5 Å². The van der Waals surface area contributed by atoms with Crippen molar-refractivity contribution in [1.29, 1.82) is 0 Å². The van der Waals surface area contributed by atoms with Crippen LogP contribution in [0.1, 0.15) is 32.1 Å². The first-order valence-corrected chi connectivity index (χ1v) is 15.7. The average molecular weight is 632 g/mol. The number of fused-ring (bicyclic) bond motifs is 1. The molecule has 0 aliphatic carbocycles. The summed E-state index contributed by atoms with van der Waals surface area (Å²) in [7, 11) is 0.00408. The number of nitrogens with zero attached hydrogens (tertiary/aromatic N) is 4. The van der Waals surface area contributed by atoms with Gasteiger partial charge < -0.3 is 19.3 Å². The smallest absolute Gasteiger partial charge is 0.248 e. The zero-order chi connectivity index (χ0) is 27.4. The molecule has 3 aliphatic heterocycles. The number of halogens is 2. The minimum Gasteiger partial charge on any atom is -0.496 e. The maximum absolute atomic E-state index is 13.9. The Morgan fingerprint density at radius 1 is 0.878 bits per heavy atom. The molecular formula is C29H44Cl2N4O5S. The number of ether oxygens (including phenoxy) is 2. The lowest BCUT2D eigenvalue weighted by Crippen LogP contribution is -2.54. The molecule has 1 atom stereocenters. The zero-order valence-electron chi connectivity index (χ0n) is 24.1. The van der Waals surface area contributed by atoms with Gasteiger partial charge in [0.1, 0.15) is 12.4 Å². The van der Waals surface area contributed by atoms with E-state index in [1.807, 2.05) is 29.2 Å². The quantitative estimate of drug-likeness (QED) is 0.442. The van der Waals surface area contributed by atoms with Crippen molar-refractivity contribution in [1.82, 2.24) is 19.0 Å². The Kier molecular flexibility index (Phi) is 12.5. The van der Waals surface area contributed by atoms with Crippen molar-refractivity contribution in [2.45, 2.75) is 49.1 Å². The normalized spacial score (nSPS) is 21.7. The molecule has 3 heterocycles. The number of carbonyl (C=O) groups excluding carboxylic acids is 1. The fourth-order valence-electron chi connectivity index (χ4n) is 6.30. The minimum atomic E-state index is -3.76. The molecule has 1 unspecified atom stereocenters. The first-order chi connectivity index (χ1) is 18.9. The maximum atomic E-state index is 13.9. The summed E-state index contributed by atoms with van der Waals surface area (Å²) >= 11 is 0. The summed E-state index contributed by atoms with van der Waals surface area (Å²) in [5.41, 5.74) is 0. The molecule has 0 bridgehead atoms. The monoisotopic (exact) mass is 630 g/mol. The molecule has 41 heavy (non-hydrogen) atoms. The molecular weight excluding hydrogens is 587 g/mol. The molecule has 0 saturated carbocycles. The van der Waals surface area contributed by atoms with Gasteiger partial charge in [-0.1, -0.05) is 30.7 Å². The van der Waals surface area contributed by atoms with Crippen LogP contribution >= 0.6 is 24.8 Å². The van der Waals surface area contributed by atoms with Gasteiger partial charge in [0.2, 0.25) is 15.9 Å². The van der Waals surface area contributed by atoms with Crippen molar-refractivity contribution in [3.05, 3.63) is 36.4 Å². The number of piperidine rings is 2. The van der Waals surface area contributed by atoms with Gasteiger partial charge in [-0.15, -0.1) is 24.8 Å². The standard InChI is InChI=1S/C29H42N4O5S.2ClH/c1-30-15-12-23(13-16-30)31-17-19-32(20-18-31)29(34)22-38-21-24-7-5-6-14-33(24)39(35,36)28-11-10-27(37-2)25-8-3-4-9-26(25)28;;/h3-4,8-11,23-24H,5-7,12-22H2,1-2H3;2*1H. The lowest BCUT2D eigenvalue weighted by Gasteiger charge is -2.42. The summed E-state index contributed by atoms with van der Waals surface area (Å²) in [6.45, 7) is 6.20. The maximum Gasteiger partial charge on any atom is 0.248 e. The summed E-state index contributed by atoms with van der Waals surface area (Å²) in [5.74, 6) is 0.637. The molecule has 3 aliphatic rings. The third kappa shape index (κ3) is 7.65. The highest BCUT2D eigenvalue weighted by molar-refractivity contribution is 7.89. The molecule has 2 aromatic rings. The van der Waals surface area contributed by atoms with Crippen LogP contribution in [-0.4, -0.2) is 119 Å². The molecule has 9 nitrogen and oxygen atoms in total. The number of amides is 1. The van der Waals surface area contributed by atoms with Crippen LogP contribution in [0.25, 0.3) is 10.8 Å². The first kappa shape index (κ1) is 33.8. The van der Waals surface area contributed by atoms with Crippen LogP contribution in [0.15, 0.2) is 41.3 Å². The second kappa shape index (κ2) is 15.2. The molecule has 0 aromatic heterocycles. The first-order valence-electron chi connectivity index (χ1n) is 14.2. The van der Waals surface area contributed by atoms with Crippen LogP contribution in [0.2, 0.25) is 0 Å². The number of benzene rings is 2. The summed E-state index contributed by atoms with van der Waals surface area (Å²) < 4.78 is 40.7. The van der Waals surface area contributed by atoms with Crippen LogP contribution in [0.3, 0.4) is 0 Å². The van der Waals surface area contributed by atoms with Crippen molar-refractivity contribution in [2.75, 3.05) is 73.2 Å². The molecule has 0 N–H and O–H groups in total. The Labute approximate surface area is 257 Å². The fraction of sp³-hybridized carbons (Fsp3) is 0.621. The predicted molar refractivity (Wildman–Crippen MR) is 166 cm³/mol. The highest BCUT2D eigenvalue weighted by atomic mass is 35.5. The minimum absolute atomic E-state index is 0. The Bertz CT molecular complexity index is 1250. The Hall–Kier alpha value is -1.66. The molecule has 12 heteroatoms. The molecule has 1 amide bonds. The van der Waals surface area contributed by atoms with E-state index < -0.39 is 10.0 Å². The van der Waals surface area contributed by atoms with Crippen LogP contribution < -0.4 is 4.74 Å². The lowest BCUT2D eigenvalue weighted by atomic mass is 10.0. The van der Waals surface area contributed by atoms with Gasteiger partial charge in [0.25, 0.3) is 0 Å². The van der Waals surface area contributed by atoms with Gasteiger partial charge in [0.15, 0.2) is 0 Å². The van der Waals surface area contributed by atoms with Gasteiger partial charge in [-0.05, 0) is 58.0 Å². The number of hydrogen-bond donors (Lipinski definition) is 0. The average Bonchev–Trinajstić information content (AvgIpc) is 2.97. The molecule has 3 saturated heterocycles. The predicted octanol–water partition coefficient (Wildman–Crippen LogP) is 3.49. The Morgan fingerprint density at radius 3 is 2.24 bits per heavy atom. The SMILES string of the molecule is COc1ccc(S(=O)(=O)N2CCCCC2COCC(=O)N2CCN(C3CCN(C)CC3)CC2)c2ccccc12.Cl.Cl. The van der Waals surface area contributed by atoms with Gasteiger partial charge in [0, 0.05) is 55.6 Å².